The summed E-state index contributed by atoms with van der Waals surface area (Å²) in [7, 11) is 1.62. The standard InChI is InChI=1S/C19H27NO5/c1-24-17-9-3-2-7-15(17)13-20(14-16-8-6-12-25-16)18(21)10-4-5-11-19(22)23/h2-3,7,9,16H,4-6,8,10-14H2,1H3,(H,22,23). The molecule has 0 saturated carbocycles. The lowest BCUT2D eigenvalue weighted by Crippen LogP contribution is -2.36. The van der Waals surface area contributed by atoms with Crippen molar-refractivity contribution < 1.29 is 24.2 Å². The molecule has 0 bridgehead atoms. The van der Waals surface area contributed by atoms with Gasteiger partial charge in [0.15, 0.2) is 0 Å². The molecule has 1 fully saturated rings. The highest BCUT2D eigenvalue weighted by molar-refractivity contribution is 5.76. The van der Waals surface area contributed by atoms with Crippen LogP contribution in [0.15, 0.2) is 24.3 Å². The second-order valence-electron chi connectivity index (χ2n) is 6.32. The van der Waals surface area contributed by atoms with Crippen LogP contribution in [-0.4, -0.2) is 48.2 Å². The molecule has 1 saturated heterocycles. The zero-order valence-electron chi connectivity index (χ0n) is 14.8. The fourth-order valence-electron chi connectivity index (χ4n) is 3.04. The van der Waals surface area contributed by atoms with Crippen molar-refractivity contribution >= 4 is 11.9 Å². The van der Waals surface area contributed by atoms with Crippen LogP contribution in [-0.2, 0) is 20.9 Å². The van der Waals surface area contributed by atoms with Crippen LogP contribution >= 0.6 is 0 Å². The third-order valence-corrected chi connectivity index (χ3v) is 4.39. The van der Waals surface area contributed by atoms with E-state index in [2.05, 4.69) is 0 Å². The lowest BCUT2D eigenvalue weighted by molar-refractivity contribution is -0.138. The van der Waals surface area contributed by atoms with Crippen molar-refractivity contribution in [3.8, 4) is 5.75 Å². The Kier molecular flexibility index (Phi) is 7.73. The molecule has 1 atom stereocenters. The third-order valence-electron chi connectivity index (χ3n) is 4.39. The summed E-state index contributed by atoms with van der Waals surface area (Å²) < 4.78 is 11.1. The SMILES string of the molecule is COc1ccccc1CN(CC1CCCO1)C(=O)CCCCC(=O)O. The molecule has 6 heteroatoms. The van der Waals surface area contributed by atoms with Gasteiger partial charge < -0.3 is 19.5 Å². The lowest BCUT2D eigenvalue weighted by atomic mass is 10.1. The number of rotatable bonds is 10. The van der Waals surface area contributed by atoms with E-state index in [9.17, 15) is 9.59 Å². The third kappa shape index (κ3) is 6.38. The van der Waals surface area contributed by atoms with Crippen molar-refractivity contribution in [3.05, 3.63) is 29.8 Å². The van der Waals surface area contributed by atoms with Gasteiger partial charge in [0, 0.05) is 38.1 Å². The second kappa shape index (κ2) is 10.0. The normalized spacial score (nSPS) is 16.6. The molecule has 1 aliphatic heterocycles. The maximum atomic E-state index is 12.7. The molecule has 25 heavy (non-hydrogen) atoms. The number of para-hydroxylation sites is 1. The van der Waals surface area contributed by atoms with Crippen molar-refractivity contribution in [3.63, 3.8) is 0 Å². The van der Waals surface area contributed by atoms with E-state index in [1.54, 1.807) is 7.11 Å². The topological polar surface area (TPSA) is 76.1 Å². The van der Waals surface area contributed by atoms with E-state index in [1.807, 2.05) is 29.2 Å². The van der Waals surface area contributed by atoms with E-state index >= 15 is 0 Å². The van der Waals surface area contributed by atoms with Crippen LogP contribution in [0.5, 0.6) is 5.75 Å². The minimum atomic E-state index is -0.822. The molecule has 0 aromatic heterocycles. The average molecular weight is 349 g/mol. The van der Waals surface area contributed by atoms with Crippen LogP contribution in [0.3, 0.4) is 0 Å². The van der Waals surface area contributed by atoms with E-state index in [-0.39, 0.29) is 18.4 Å². The Labute approximate surface area is 148 Å². The number of carboxylic acid groups (broad SMARTS) is 1. The van der Waals surface area contributed by atoms with E-state index in [1.165, 1.54) is 0 Å². The largest absolute Gasteiger partial charge is 0.496 e. The van der Waals surface area contributed by atoms with Gasteiger partial charge in [0.05, 0.1) is 13.2 Å². The van der Waals surface area contributed by atoms with Gasteiger partial charge in [0.25, 0.3) is 0 Å². The zero-order chi connectivity index (χ0) is 18.1. The average Bonchev–Trinajstić information content (AvgIpc) is 3.11. The molecule has 1 aliphatic rings. The first-order chi connectivity index (χ1) is 12.1. The summed E-state index contributed by atoms with van der Waals surface area (Å²) in [5.74, 6) is -0.0250. The number of carboxylic acids is 1. The smallest absolute Gasteiger partial charge is 0.303 e. The van der Waals surface area contributed by atoms with E-state index in [0.29, 0.717) is 32.4 Å². The molecule has 1 heterocycles. The predicted molar refractivity (Wildman–Crippen MR) is 93.5 cm³/mol. The molecule has 6 nitrogen and oxygen atoms in total. The highest BCUT2D eigenvalue weighted by Crippen LogP contribution is 2.22. The Morgan fingerprint density at radius 3 is 2.72 bits per heavy atom. The number of ether oxygens (including phenoxy) is 2. The number of carbonyl (C=O) groups excluding carboxylic acids is 1. The molecule has 1 N–H and O–H groups in total. The summed E-state index contributed by atoms with van der Waals surface area (Å²) in [4.78, 5) is 25.1. The predicted octanol–water partition coefficient (Wildman–Crippen LogP) is 2.85. The Bertz CT molecular complexity index is 569. The number of carbonyl (C=O) groups is 2. The Morgan fingerprint density at radius 2 is 2.04 bits per heavy atom. The summed E-state index contributed by atoms with van der Waals surface area (Å²) in [5, 5.41) is 8.70. The van der Waals surface area contributed by atoms with E-state index < -0.39 is 5.97 Å². The molecule has 1 amide bonds. The van der Waals surface area contributed by atoms with Gasteiger partial charge in [-0.2, -0.15) is 0 Å². The highest BCUT2D eigenvalue weighted by atomic mass is 16.5. The van der Waals surface area contributed by atoms with Gasteiger partial charge in [-0.3, -0.25) is 9.59 Å². The number of hydrogen-bond acceptors (Lipinski definition) is 4. The van der Waals surface area contributed by atoms with Crippen molar-refractivity contribution in [1.82, 2.24) is 4.90 Å². The number of hydrogen-bond donors (Lipinski definition) is 1. The second-order valence-corrected chi connectivity index (χ2v) is 6.32. The summed E-state index contributed by atoms with van der Waals surface area (Å²) in [5.41, 5.74) is 0.960. The summed E-state index contributed by atoms with van der Waals surface area (Å²) in [6, 6.07) is 7.68. The number of amides is 1. The number of benzene rings is 1. The quantitative estimate of drug-likeness (QED) is 0.657. The van der Waals surface area contributed by atoms with Crippen LogP contribution in [0, 0.1) is 0 Å². The number of nitrogens with zero attached hydrogens (tertiary/aromatic N) is 1. The Balaban J connectivity index is 1.98. The maximum absolute atomic E-state index is 12.7. The van der Waals surface area contributed by atoms with Gasteiger partial charge in [-0.05, 0) is 31.7 Å². The summed E-state index contributed by atoms with van der Waals surface area (Å²) >= 11 is 0. The first-order valence-corrected chi connectivity index (χ1v) is 8.83. The van der Waals surface area contributed by atoms with Crippen LogP contribution in [0.4, 0.5) is 0 Å². The fraction of sp³-hybridized carbons (Fsp3) is 0.579. The number of methoxy groups -OCH3 is 1. The zero-order valence-corrected chi connectivity index (χ0v) is 14.8. The monoisotopic (exact) mass is 349 g/mol. The van der Waals surface area contributed by atoms with Crippen molar-refractivity contribution in [2.45, 2.75) is 51.2 Å². The molecule has 138 valence electrons. The van der Waals surface area contributed by atoms with Crippen LogP contribution < -0.4 is 4.74 Å². The van der Waals surface area contributed by atoms with Crippen molar-refractivity contribution in [1.29, 1.82) is 0 Å². The van der Waals surface area contributed by atoms with Crippen molar-refractivity contribution in [2.24, 2.45) is 0 Å². The molecule has 0 spiro atoms. The first kappa shape index (κ1) is 19.2. The molecule has 2 rings (SSSR count). The van der Waals surface area contributed by atoms with Gasteiger partial charge in [0.2, 0.25) is 5.91 Å². The number of unbranched alkanes of at least 4 members (excludes halogenated alkanes) is 1. The molecule has 1 aromatic rings. The van der Waals surface area contributed by atoms with Gasteiger partial charge in [-0.25, -0.2) is 0 Å². The number of aliphatic carboxylic acids is 1. The van der Waals surface area contributed by atoms with E-state index in [0.717, 1.165) is 30.8 Å². The van der Waals surface area contributed by atoms with Gasteiger partial charge in [-0.1, -0.05) is 18.2 Å². The minimum absolute atomic E-state index is 0.0341. The van der Waals surface area contributed by atoms with Crippen LogP contribution in [0.25, 0.3) is 0 Å². The summed E-state index contributed by atoms with van der Waals surface area (Å²) in [6.07, 6.45) is 3.63. The Hall–Kier alpha value is -2.08. The van der Waals surface area contributed by atoms with Gasteiger partial charge in [0.1, 0.15) is 5.75 Å². The molecule has 0 radical (unpaired) electrons. The first-order valence-electron chi connectivity index (χ1n) is 8.83. The fourth-order valence-corrected chi connectivity index (χ4v) is 3.04. The highest BCUT2D eigenvalue weighted by Gasteiger charge is 2.23. The molecule has 1 aromatic carbocycles. The van der Waals surface area contributed by atoms with Gasteiger partial charge in [-0.15, -0.1) is 0 Å². The van der Waals surface area contributed by atoms with E-state index in [4.69, 9.17) is 14.6 Å². The molecule has 0 aliphatic carbocycles. The molecular formula is C19H27NO5. The Morgan fingerprint density at radius 1 is 1.28 bits per heavy atom. The molecular weight excluding hydrogens is 322 g/mol. The minimum Gasteiger partial charge on any atom is -0.496 e. The lowest BCUT2D eigenvalue weighted by Gasteiger charge is -2.26. The van der Waals surface area contributed by atoms with Crippen molar-refractivity contribution in [2.75, 3.05) is 20.3 Å². The van der Waals surface area contributed by atoms with Crippen LogP contribution in [0.2, 0.25) is 0 Å². The maximum Gasteiger partial charge on any atom is 0.303 e. The molecule has 1 unspecified atom stereocenters. The van der Waals surface area contributed by atoms with Crippen LogP contribution in [0.1, 0.15) is 44.1 Å². The summed E-state index contributed by atoms with van der Waals surface area (Å²) in [6.45, 7) is 1.79. The van der Waals surface area contributed by atoms with Gasteiger partial charge >= 0.3 is 5.97 Å².